The van der Waals surface area contributed by atoms with E-state index in [-0.39, 0.29) is 0 Å². The van der Waals surface area contributed by atoms with Crippen LogP contribution < -0.4 is 0 Å². The van der Waals surface area contributed by atoms with Crippen molar-refractivity contribution in [2.45, 2.75) is 12.9 Å². The van der Waals surface area contributed by atoms with Crippen molar-refractivity contribution in [3.8, 4) is 0 Å². The van der Waals surface area contributed by atoms with Gasteiger partial charge in [0.05, 0.1) is 12.1 Å². The van der Waals surface area contributed by atoms with Gasteiger partial charge in [0.2, 0.25) is 0 Å². The second kappa shape index (κ2) is 5.77. The molecule has 1 unspecified atom stereocenters. The van der Waals surface area contributed by atoms with Crippen LogP contribution >= 0.6 is 0 Å². The molecule has 2 aromatic heterocycles. The van der Waals surface area contributed by atoms with E-state index < -0.39 is 6.29 Å². The molecule has 20 heavy (non-hydrogen) atoms. The molecule has 0 fully saturated rings. The fourth-order valence-corrected chi connectivity index (χ4v) is 2.07. The normalized spacial score (nSPS) is 12.4. The van der Waals surface area contributed by atoms with Crippen molar-refractivity contribution in [1.29, 1.82) is 0 Å². The highest BCUT2D eigenvalue weighted by atomic mass is 16.6. The molecule has 0 aliphatic carbocycles. The zero-order chi connectivity index (χ0) is 13.8. The van der Waals surface area contributed by atoms with Gasteiger partial charge in [-0.25, -0.2) is 0 Å². The summed E-state index contributed by atoms with van der Waals surface area (Å²) in [6, 6.07) is 13.3. The van der Waals surface area contributed by atoms with Gasteiger partial charge in [-0.2, -0.15) is 0 Å². The van der Waals surface area contributed by atoms with Crippen molar-refractivity contribution in [3.63, 3.8) is 0 Å². The summed E-state index contributed by atoms with van der Waals surface area (Å²) in [4.78, 5) is 8.26. The number of benzene rings is 1. The molecule has 0 saturated carbocycles. The molecule has 2 heterocycles. The van der Waals surface area contributed by atoms with Crippen LogP contribution in [-0.2, 0) is 11.3 Å². The first-order chi connectivity index (χ1) is 9.84. The van der Waals surface area contributed by atoms with Crippen LogP contribution in [0.3, 0.4) is 0 Å². The number of aliphatic hydroxyl groups is 1. The molecule has 0 bridgehead atoms. The Morgan fingerprint density at radius 1 is 1.05 bits per heavy atom. The Kier molecular flexibility index (Phi) is 3.67. The predicted octanol–water partition coefficient (Wildman–Crippen LogP) is 2.84. The average molecular weight is 266 g/mol. The second-order valence-electron chi connectivity index (χ2n) is 4.44. The van der Waals surface area contributed by atoms with E-state index in [1.54, 1.807) is 30.7 Å². The van der Waals surface area contributed by atoms with Gasteiger partial charge in [0.1, 0.15) is 0 Å². The topological polar surface area (TPSA) is 55.2 Å². The minimum atomic E-state index is -0.976. The molecule has 0 amide bonds. The fourth-order valence-electron chi connectivity index (χ4n) is 2.07. The number of rotatable bonds is 4. The van der Waals surface area contributed by atoms with E-state index in [1.165, 1.54) is 0 Å². The summed E-state index contributed by atoms with van der Waals surface area (Å²) in [6.45, 7) is 0.319. The lowest BCUT2D eigenvalue weighted by molar-refractivity contribution is -0.111. The Labute approximate surface area is 116 Å². The molecule has 4 heteroatoms. The molecule has 1 aromatic carbocycles. The van der Waals surface area contributed by atoms with Gasteiger partial charge in [0.15, 0.2) is 6.29 Å². The number of hydrogen-bond donors (Lipinski definition) is 1. The zero-order valence-electron chi connectivity index (χ0n) is 10.8. The standard InChI is InChI=1S/C16H14N2O2/c19-16(12-4-3-8-17-10-12)20-11-13-7-9-18-15-6-2-1-5-14(13)15/h1-10,16,19H,11H2. The summed E-state index contributed by atoms with van der Waals surface area (Å²) < 4.78 is 5.51. The number of aliphatic hydroxyl groups excluding tert-OH is 1. The van der Waals surface area contributed by atoms with E-state index in [1.807, 2.05) is 30.3 Å². The summed E-state index contributed by atoms with van der Waals surface area (Å²) in [5.74, 6) is 0. The first-order valence-electron chi connectivity index (χ1n) is 6.37. The number of pyridine rings is 2. The maximum atomic E-state index is 9.98. The van der Waals surface area contributed by atoms with Crippen LogP contribution in [0.25, 0.3) is 10.9 Å². The van der Waals surface area contributed by atoms with Crippen molar-refractivity contribution in [2.75, 3.05) is 0 Å². The third-order valence-corrected chi connectivity index (χ3v) is 3.11. The van der Waals surface area contributed by atoms with Crippen LogP contribution in [0, 0.1) is 0 Å². The molecule has 0 radical (unpaired) electrons. The molecule has 1 atom stereocenters. The maximum Gasteiger partial charge on any atom is 0.183 e. The zero-order valence-corrected chi connectivity index (χ0v) is 10.8. The molecule has 0 aliphatic heterocycles. The fraction of sp³-hybridized carbons (Fsp3) is 0.125. The number of aromatic nitrogens is 2. The van der Waals surface area contributed by atoms with Crippen molar-refractivity contribution >= 4 is 10.9 Å². The van der Waals surface area contributed by atoms with Gasteiger partial charge in [-0.05, 0) is 23.8 Å². The summed E-state index contributed by atoms with van der Waals surface area (Å²) in [7, 11) is 0. The highest BCUT2D eigenvalue weighted by Gasteiger charge is 2.09. The van der Waals surface area contributed by atoms with Gasteiger partial charge in [-0.1, -0.05) is 24.3 Å². The van der Waals surface area contributed by atoms with Crippen molar-refractivity contribution in [1.82, 2.24) is 9.97 Å². The molecule has 0 saturated heterocycles. The number of nitrogens with zero attached hydrogens (tertiary/aromatic N) is 2. The Hall–Kier alpha value is -2.30. The molecule has 0 aliphatic rings. The van der Waals surface area contributed by atoms with E-state index in [2.05, 4.69) is 9.97 Å². The lowest BCUT2D eigenvalue weighted by Gasteiger charge is -2.13. The molecule has 4 nitrogen and oxygen atoms in total. The van der Waals surface area contributed by atoms with E-state index in [9.17, 15) is 5.11 Å². The lowest BCUT2D eigenvalue weighted by Crippen LogP contribution is -2.04. The van der Waals surface area contributed by atoms with E-state index in [0.717, 1.165) is 16.5 Å². The van der Waals surface area contributed by atoms with Crippen LogP contribution in [0.4, 0.5) is 0 Å². The van der Waals surface area contributed by atoms with Crippen LogP contribution in [0.15, 0.2) is 61.1 Å². The van der Waals surface area contributed by atoms with Crippen LogP contribution in [0.2, 0.25) is 0 Å². The monoisotopic (exact) mass is 266 g/mol. The summed E-state index contributed by atoms with van der Waals surface area (Å²) in [5.41, 5.74) is 2.56. The van der Waals surface area contributed by atoms with Gasteiger partial charge in [-0.15, -0.1) is 0 Å². The SMILES string of the molecule is OC(OCc1ccnc2ccccc12)c1cccnc1. The smallest absolute Gasteiger partial charge is 0.183 e. The van der Waals surface area contributed by atoms with Crippen molar-refractivity contribution in [2.24, 2.45) is 0 Å². The molecular weight excluding hydrogens is 252 g/mol. The van der Waals surface area contributed by atoms with E-state index in [0.29, 0.717) is 12.2 Å². The Balaban J connectivity index is 1.77. The van der Waals surface area contributed by atoms with Gasteiger partial charge >= 0.3 is 0 Å². The van der Waals surface area contributed by atoms with Crippen LogP contribution in [0.1, 0.15) is 17.4 Å². The summed E-state index contributed by atoms with van der Waals surface area (Å²) in [5, 5.41) is 11.0. The van der Waals surface area contributed by atoms with Gasteiger partial charge in [0, 0.05) is 29.5 Å². The molecule has 3 rings (SSSR count). The minimum Gasteiger partial charge on any atom is -0.364 e. The Morgan fingerprint density at radius 3 is 2.80 bits per heavy atom. The average Bonchev–Trinajstić information content (AvgIpc) is 2.53. The molecule has 100 valence electrons. The number of ether oxygens (including phenoxy) is 1. The second-order valence-corrected chi connectivity index (χ2v) is 4.44. The molecule has 0 spiro atoms. The number of para-hydroxylation sites is 1. The largest absolute Gasteiger partial charge is 0.364 e. The maximum absolute atomic E-state index is 9.98. The summed E-state index contributed by atoms with van der Waals surface area (Å²) in [6.07, 6.45) is 4.02. The highest BCUT2D eigenvalue weighted by molar-refractivity contribution is 5.81. The van der Waals surface area contributed by atoms with Crippen molar-refractivity contribution < 1.29 is 9.84 Å². The van der Waals surface area contributed by atoms with E-state index >= 15 is 0 Å². The quantitative estimate of drug-likeness (QED) is 0.738. The summed E-state index contributed by atoms with van der Waals surface area (Å²) >= 11 is 0. The number of fused-ring (bicyclic) bond motifs is 1. The third-order valence-electron chi connectivity index (χ3n) is 3.11. The third kappa shape index (κ3) is 2.66. The Bertz CT molecular complexity index is 696. The highest BCUT2D eigenvalue weighted by Crippen LogP contribution is 2.20. The minimum absolute atomic E-state index is 0.319. The van der Waals surface area contributed by atoms with Gasteiger partial charge < -0.3 is 9.84 Å². The first-order valence-corrected chi connectivity index (χ1v) is 6.37. The molecule has 3 aromatic rings. The van der Waals surface area contributed by atoms with E-state index in [4.69, 9.17) is 4.74 Å². The lowest BCUT2D eigenvalue weighted by atomic mass is 10.1. The van der Waals surface area contributed by atoms with Gasteiger partial charge in [-0.3, -0.25) is 9.97 Å². The Morgan fingerprint density at radius 2 is 1.95 bits per heavy atom. The van der Waals surface area contributed by atoms with Gasteiger partial charge in [0.25, 0.3) is 0 Å². The van der Waals surface area contributed by atoms with Crippen LogP contribution in [0.5, 0.6) is 0 Å². The molecule has 1 N–H and O–H groups in total. The predicted molar refractivity (Wildman–Crippen MR) is 75.7 cm³/mol. The molecular formula is C16H14N2O2. The number of hydrogen-bond acceptors (Lipinski definition) is 4. The van der Waals surface area contributed by atoms with Crippen molar-refractivity contribution in [3.05, 3.63) is 72.2 Å². The van der Waals surface area contributed by atoms with Crippen LogP contribution in [-0.4, -0.2) is 15.1 Å². The first kappa shape index (κ1) is 12.7.